The third-order valence-corrected chi connectivity index (χ3v) is 4.56. The van der Waals surface area contributed by atoms with Crippen LogP contribution < -0.4 is 5.73 Å². The first-order chi connectivity index (χ1) is 10.0. The van der Waals surface area contributed by atoms with Gasteiger partial charge in [-0.2, -0.15) is 0 Å². The quantitative estimate of drug-likeness (QED) is 0.893. The van der Waals surface area contributed by atoms with Gasteiger partial charge in [0.15, 0.2) is 0 Å². The van der Waals surface area contributed by atoms with Crippen LogP contribution in [0.4, 0.5) is 4.39 Å². The average molecular weight is 357 g/mol. The SMILES string of the molecule is CCCN(C(=O)c1cc(Br)ccc1F)C1CCC(N)CC1. The van der Waals surface area contributed by atoms with Gasteiger partial charge >= 0.3 is 0 Å². The Hall–Kier alpha value is -0.940. The molecule has 3 nitrogen and oxygen atoms in total. The number of halogens is 2. The van der Waals surface area contributed by atoms with Crippen LogP contribution in [-0.4, -0.2) is 29.4 Å². The zero-order valence-corrected chi connectivity index (χ0v) is 13.9. The van der Waals surface area contributed by atoms with E-state index in [1.807, 2.05) is 11.8 Å². The lowest BCUT2D eigenvalue weighted by atomic mass is 9.90. The second-order valence-electron chi connectivity index (χ2n) is 5.69. The van der Waals surface area contributed by atoms with Gasteiger partial charge in [-0.3, -0.25) is 4.79 Å². The molecular weight excluding hydrogens is 335 g/mol. The van der Waals surface area contributed by atoms with Crippen molar-refractivity contribution in [1.82, 2.24) is 4.90 Å². The van der Waals surface area contributed by atoms with Crippen LogP contribution in [0.2, 0.25) is 0 Å². The predicted octanol–water partition coefficient (Wildman–Crippen LogP) is 3.71. The molecule has 1 saturated carbocycles. The minimum absolute atomic E-state index is 0.146. The number of nitrogens with two attached hydrogens (primary N) is 1. The molecular formula is C16H22BrFN2O. The monoisotopic (exact) mass is 356 g/mol. The van der Waals surface area contributed by atoms with Crippen LogP contribution in [0.1, 0.15) is 49.4 Å². The maximum Gasteiger partial charge on any atom is 0.257 e. The highest BCUT2D eigenvalue weighted by atomic mass is 79.9. The number of nitrogens with zero attached hydrogens (tertiary/aromatic N) is 1. The standard InChI is InChI=1S/C16H22BrFN2O/c1-2-9-20(13-6-4-12(19)5-7-13)16(21)14-10-11(17)3-8-15(14)18/h3,8,10,12-13H,2,4-7,9,19H2,1H3. The summed E-state index contributed by atoms with van der Waals surface area (Å²) in [6.45, 7) is 2.69. The Morgan fingerprint density at radius 3 is 2.67 bits per heavy atom. The summed E-state index contributed by atoms with van der Waals surface area (Å²) in [6, 6.07) is 4.92. The predicted molar refractivity (Wildman–Crippen MR) is 85.7 cm³/mol. The number of amides is 1. The molecule has 1 aromatic rings. The van der Waals surface area contributed by atoms with E-state index in [4.69, 9.17) is 5.73 Å². The van der Waals surface area contributed by atoms with E-state index in [0.717, 1.165) is 36.6 Å². The third kappa shape index (κ3) is 4.04. The summed E-state index contributed by atoms with van der Waals surface area (Å²) >= 11 is 3.30. The van der Waals surface area contributed by atoms with E-state index in [0.29, 0.717) is 6.54 Å². The van der Waals surface area contributed by atoms with E-state index < -0.39 is 5.82 Å². The van der Waals surface area contributed by atoms with Crippen molar-refractivity contribution in [3.63, 3.8) is 0 Å². The maximum absolute atomic E-state index is 14.0. The van der Waals surface area contributed by atoms with Crippen molar-refractivity contribution in [3.05, 3.63) is 34.1 Å². The summed E-state index contributed by atoms with van der Waals surface area (Å²) < 4.78 is 14.7. The Morgan fingerprint density at radius 2 is 2.05 bits per heavy atom. The number of hydrogen-bond acceptors (Lipinski definition) is 2. The van der Waals surface area contributed by atoms with Gasteiger partial charge in [-0.25, -0.2) is 4.39 Å². The Balaban J connectivity index is 2.20. The molecule has 0 unspecified atom stereocenters. The number of benzene rings is 1. The van der Waals surface area contributed by atoms with Crippen molar-refractivity contribution in [3.8, 4) is 0 Å². The van der Waals surface area contributed by atoms with Crippen LogP contribution in [0, 0.1) is 5.82 Å². The molecule has 0 aliphatic heterocycles. The molecule has 1 aliphatic carbocycles. The van der Waals surface area contributed by atoms with E-state index in [1.54, 1.807) is 12.1 Å². The molecule has 0 heterocycles. The van der Waals surface area contributed by atoms with Gasteiger partial charge in [0, 0.05) is 23.1 Å². The molecule has 1 fully saturated rings. The summed E-state index contributed by atoms with van der Waals surface area (Å²) in [5.41, 5.74) is 6.08. The van der Waals surface area contributed by atoms with Crippen LogP contribution in [0.5, 0.6) is 0 Å². The fraction of sp³-hybridized carbons (Fsp3) is 0.562. The summed E-state index contributed by atoms with van der Waals surface area (Å²) in [5, 5.41) is 0. The third-order valence-electron chi connectivity index (χ3n) is 4.07. The number of carbonyl (C=O) groups is 1. The number of carbonyl (C=O) groups excluding carboxylic acids is 1. The summed E-state index contributed by atoms with van der Waals surface area (Å²) in [6.07, 6.45) is 4.53. The van der Waals surface area contributed by atoms with Crippen molar-refractivity contribution in [2.75, 3.05) is 6.54 Å². The van der Waals surface area contributed by atoms with E-state index >= 15 is 0 Å². The fourth-order valence-electron chi connectivity index (χ4n) is 2.92. The zero-order valence-electron chi connectivity index (χ0n) is 12.3. The molecule has 0 saturated heterocycles. The van der Waals surface area contributed by atoms with E-state index in [2.05, 4.69) is 15.9 Å². The highest BCUT2D eigenvalue weighted by molar-refractivity contribution is 9.10. The molecule has 2 rings (SSSR count). The molecule has 1 aliphatic rings. The molecule has 0 aromatic heterocycles. The van der Waals surface area contributed by atoms with Gasteiger partial charge in [-0.1, -0.05) is 22.9 Å². The van der Waals surface area contributed by atoms with Gasteiger partial charge in [-0.15, -0.1) is 0 Å². The maximum atomic E-state index is 14.0. The lowest BCUT2D eigenvalue weighted by Gasteiger charge is -2.36. The Labute approximate surface area is 133 Å². The minimum atomic E-state index is -0.461. The first-order valence-corrected chi connectivity index (χ1v) is 8.33. The second-order valence-corrected chi connectivity index (χ2v) is 6.61. The normalized spacial score (nSPS) is 22.1. The summed E-state index contributed by atoms with van der Waals surface area (Å²) in [7, 11) is 0. The van der Waals surface area contributed by atoms with Crippen LogP contribution in [-0.2, 0) is 0 Å². The highest BCUT2D eigenvalue weighted by Crippen LogP contribution is 2.25. The van der Waals surface area contributed by atoms with Crippen molar-refractivity contribution in [2.24, 2.45) is 5.73 Å². The Morgan fingerprint density at radius 1 is 1.38 bits per heavy atom. The van der Waals surface area contributed by atoms with Crippen molar-refractivity contribution >= 4 is 21.8 Å². The Kier molecular flexibility index (Phi) is 5.76. The van der Waals surface area contributed by atoms with E-state index in [1.165, 1.54) is 6.07 Å². The van der Waals surface area contributed by atoms with Crippen LogP contribution in [0.15, 0.2) is 22.7 Å². The smallest absolute Gasteiger partial charge is 0.257 e. The van der Waals surface area contributed by atoms with E-state index in [9.17, 15) is 9.18 Å². The molecule has 1 amide bonds. The van der Waals surface area contributed by atoms with Gasteiger partial charge in [0.05, 0.1) is 5.56 Å². The molecule has 2 N–H and O–H groups in total. The summed E-state index contributed by atoms with van der Waals surface area (Å²) in [4.78, 5) is 14.6. The van der Waals surface area contributed by atoms with Gasteiger partial charge < -0.3 is 10.6 Å². The van der Waals surface area contributed by atoms with Gasteiger partial charge in [-0.05, 0) is 50.3 Å². The van der Waals surface area contributed by atoms with Crippen molar-refractivity contribution in [2.45, 2.75) is 51.1 Å². The van der Waals surface area contributed by atoms with Gasteiger partial charge in [0.2, 0.25) is 0 Å². The minimum Gasteiger partial charge on any atom is -0.336 e. The number of hydrogen-bond donors (Lipinski definition) is 1. The molecule has 5 heteroatoms. The topological polar surface area (TPSA) is 46.3 Å². The number of rotatable bonds is 4. The molecule has 1 aromatic carbocycles. The van der Waals surface area contributed by atoms with Crippen molar-refractivity contribution < 1.29 is 9.18 Å². The second kappa shape index (κ2) is 7.36. The van der Waals surface area contributed by atoms with E-state index in [-0.39, 0.29) is 23.6 Å². The molecule has 0 spiro atoms. The average Bonchev–Trinajstić information content (AvgIpc) is 2.48. The molecule has 21 heavy (non-hydrogen) atoms. The lowest BCUT2D eigenvalue weighted by molar-refractivity contribution is 0.0622. The molecule has 0 radical (unpaired) electrons. The van der Waals surface area contributed by atoms with Gasteiger partial charge in [0.1, 0.15) is 5.82 Å². The van der Waals surface area contributed by atoms with Crippen molar-refractivity contribution in [1.29, 1.82) is 0 Å². The summed E-state index contributed by atoms with van der Waals surface area (Å²) in [5.74, 6) is -0.673. The molecule has 0 bridgehead atoms. The zero-order chi connectivity index (χ0) is 15.4. The first kappa shape index (κ1) is 16.4. The first-order valence-electron chi connectivity index (χ1n) is 7.54. The van der Waals surface area contributed by atoms with Crippen LogP contribution in [0.25, 0.3) is 0 Å². The Bertz CT molecular complexity index is 501. The van der Waals surface area contributed by atoms with Crippen LogP contribution in [0.3, 0.4) is 0 Å². The van der Waals surface area contributed by atoms with Gasteiger partial charge in [0.25, 0.3) is 5.91 Å². The fourth-order valence-corrected chi connectivity index (χ4v) is 3.28. The highest BCUT2D eigenvalue weighted by Gasteiger charge is 2.29. The molecule has 0 atom stereocenters. The largest absolute Gasteiger partial charge is 0.336 e. The lowest BCUT2D eigenvalue weighted by Crippen LogP contribution is -2.44. The van der Waals surface area contributed by atoms with Crippen LogP contribution >= 0.6 is 15.9 Å². The molecule has 116 valence electrons.